The Kier molecular flexibility index (Phi) is 17.9. The van der Waals surface area contributed by atoms with Gasteiger partial charge in [0.25, 0.3) is 0 Å². The van der Waals surface area contributed by atoms with Gasteiger partial charge in [-0.3, -0.25) is 13.7 Å². The molecule has 0 bridgehead atoms. The summed E-state index contributed by atoms with van der Waals surface area (Å²) in [6.07, 6.45) is 22.6. The van der Waals surface area contributed by atoms with Crippen molar-refractivity contribution in [3.8, 4) is 34.2 Å². The van der Waals surface area contributed by atoms with Crippen LogP contribution in [0, 0.1) is 0 Å². The highest BCUT2D eigenvalue weighted by molar-refractivity contribution is 7.52. The Hall–Kier alpha value is -3.09. The van der Waals surface area contributed by atoms with Crippen LogP contribution < -0.4 is 13.7 Å². The molecule has 6 N–H and O–H groups in total. The summed E-state index contributed by atoms with van der Waals surface area (Å²) in [5, 5.41) is 0. The van der Waals surface area contributed by atoms with E-state index >= 15 is 0 Å². The van der Waals surface area contributed by atoms with Crippen molar-refractivity contribution in [1.82, 2.24) is 15.0 Å². The van der Waals surface area contributed by atoms with Gasteiger partial charge in [-0.15, -0.1) is 0 Å². The lowest BCUT2D eigenvalue weighted by molar-refractivity contribution is -0.697. The first-order chi connectivity index (χ1) is 26.1. The van der Waals surface area contributed by atoms with Crippen LogP contribution in [0.4, 0.5) is 0 Å². The Labute approximate surface area is 323 Å². The van der Waals surface area contributed by atoms with E-state index in [2.05, 4.69) is 9.13 Å². The molecule has 4 aromatic rings. The molecular formula is C37H56N6O9P3+3. The third-order valence-corrected chi connectivity index (χ3v) is 11.9. The summed E-state index contributed by atoms with van der Waals surface area (Å²) in [5.41, 5.74) is 2.45. The molecule has 4 rings (SSSR count). The minimum absolute atomic E-state index is 0.0441. The maximum absolute atomic E-state index is 11.3. The van der Waals surface area contributed by atoms with Gasteiger partial charge in [0.2, 0.25) is 0 Å². The lowest BCUT2D eigenvalue weighted by atomic mass is 10.1. The molecule has 0 saturated carbocycles. The zero-order valence-electron chi connectivity index (χ0n) is 31.3. The van der Waals surface area contributed by atoms with Crippen LogP contribution in [0.2, 0.25) is 0 Å². The molecule has 0 aliphatic carbocycles. The van der Waals surface area contributed by atoms with Gasteiger partial charge in [-0.05, 0) is 25.7 Å². The molecule has 0 fully saturated rings. The summed E-state index contributed by atoms with van der Waals surface area (Å²) in [7, 11) is -11.9. The van der Waals surface area contributed by atoms with Gasteiger partial charge < -0.3 is 29.4 Å². The maximum atomic E-state index is 11.3. The predicted molar refractivity (Wildman–Crippen MR) is 207 cm³/mol. The van der Waals surface area contributed by atoms with Gasteiger partial charge >= 0.3 is 22.8 Å². The van der Waals surface area contributed by atoms with Crippen LogP contribution in [0.5, 0.6) is 0 Å². The molecule has 55 heavy (non-hydrogen) atoms. The lowest BCUT2D eigenvalue weighted by Gasteiger charge is -2.08. The Morgan fingerprint density at radius 2 is 0.600 bits per heavy atom. The van der Waals surface area contributed by atoms with Crippen LogP contribution in [0.15, 0.2) is 73.6 Å². The summed E-state index contributed by atoms with van der Waals surface area (Å²) in [6, 6.07) is 11.7. The van der Waals surface area contributed by atoms with Crippen LogP contribution in [0.1, 0.15) is 83.5 Å². The van der Waals surface area contributed by atoms with Crippen LogP contribution in [0.25, 0.3) is 34.2 Å². The van der Waals surface area contributed by atoms with Gasteiger partial charge in [-0.25, -0.2) is 28.7 Å². The van der Waals surface area contributed by atoms with Crippen molar-refractivity contribution in [2.75, 3.05) is 18.5 Å². The number of nitrogens with zero attached hydrogens (tertiary/aromatic N) is 6. The van der Waals surface area contributed by atoms with Gasteiger partial charge in [0, 0.05) is 84.7 Å². The summed E-state index contributed by atoms with van der Waals surface area (Å²) in [6.45, 7) is 2.15. The first-order valence-electron chi connectivity index (χ1n) is 19.0. The SMILES string of the molecule is O=P(O)(O)CCCCCCCC[n+]1ccc(-c2nc(-c3cc[n+](CCCCCCCCP(=O)(O)O)cc3)nc(-c3cc[n+](CCCP(=O)(O)O)cc3)n2)cc1. The molecule has 0 aliphatic rings. The third-order valence-electron chi connectivity index (χ3n) is 9.18. The van der Waals surface area contributed by atoms with Crippen molar-refractivity contribution in [3.05, 3.63) is 73.6 Å². The Bertz CT molecular complexity index is 1800. The van der Waals surface area contributed by atoms with E-state index in [9.17, 15) is 23.5 Å². The van der Waals surface area contributed by atoms with Crippen molar-refractivity contribution in [1.29, 1.82) is 0 Å². The maximum Gasteiger partial charge on any atom is 0.325 e. The van der Waals surface area contributed by atoms with E-state index < -0.39 is 22.8 Å². The zero-order valence-corrected chi connectivity index (χ0v) is 34.0. The molecule has 4 aromatic heterocycles. The number of rotatable bonds is 25. The fourth-order valence-electron chi connectivity index (χ4n) is 6.13. The topological polar surface area (TPSA) is 223 Å². The highest BCUT2D eigenvalue weighted by Gasteiger charge is 2.17. The second-order valence-corrected chi connectivity index (χ2v) is 19.4. The first kappa shape index (κ1) is 44.6. The van der Waals surface area contributed by atoms with Gasteiger partial charge in [-0.1, -0.05) is 38.5 Å². The van der Waals surface area contributed by atoms with Gasteiger partial charge in [0.15, 0.2) is 54.7 Å². The summed E-state index contributed by atoms with van der Waals surface area (Å²) in [4.78, 5) is 69.0. The molecule has 0 radical (unpaired) electrons. The molecule has 0 aromatic carbocycles. The molecule has 0 spiro atoms. The quantitative estimate of drug-likeness (QED) is 0.0283. The standard InChI is InChI=1S/C37H53N6O9P3/c44-53(45,46)29-11-7-3-1-5-9-20-41-23-14-32(15-24-41)35-38-36(40-37(39-35)34-18-27-43(28-19-34)22-13-31-55(50,51)52)33-16-25-42(26-17-33)21-10-6-2-4-8-12-30-54(47,48)49/h14-19,23-28H,1-13,20-22,29-31H2,(H3-3,44,45,46,47,48,49,50,51,52)/p+3. The number of aromatic nitrogens is 6. The molecule has 0 unspecified atom stereocenters. The van der Waals surface area contributed by atoms with Gasteiger partial charge in [0.1, 0.15) is 19.6 Å². The summed E-state index contributed by atoms with van der Waals surface area (Å²) in [5.74, 6) is 1.55. The first-order valence-corrected chi connectivity index (χ1v) is 24.4. The van der Waals surface area contributed by atoms with Crippen molar-refractivity contribution in [3.63, 3.8) is 0 Å². The van der Waals surface area contributed by atoms with E-state index in [0.717, 1.165) is 94.0 Å². The van der Waals surface area contributed by atoms with E-state index in [0.29, 0.717) is 43.3 Å². The predicted octanol–water partition coefficient (Wildman–Crippen LogP) is 5.34. The molecular weight excluding hydrogens is 765 g/mol. The largest absolute Gasteiger partial charge is 0.325 e. The fourth-order valence-corrected chi connectivity index (χ4v) is 7.95. The highest BCUT2D eigenvalue weighted by atomic mass is 31.2. The molecule has 0 amide bonds. The Morgan fingerprint density at radius 3 is 0.891 bits per heavy atom. The number of hydrogen-bond donors (Lipinski definition) is 6. The minimum atomic E-state index is -4.05. The van der Waals surface area contributed by atoms with Crippen molar-refractivity contribution < 1.29 is 56.8 Å². The summed E-state index contributed by atoms with van der Waals surface area (Å²) < 4.78 is 39.4. The van der Waals surface area contributed by atoms with E-state index in [1.54, 1.807) is 0 Å². The number of aryl methyl sites for hydroxylation is 3. The van der Waals surface area contributed by atoms with E-state index in [1.165, 1.54) is 0 Å². The van der Waals surface area contributed by atoms with Crippen LogP contribution in [-0.4, -0.2) is 62.8 Å². The molecule has 4 heterocycles. The van der Waals surface area contributed by atoms with Crippen molar-refractivity contribution in [2.45, 2.75) is 103 Å². The molecule has 0 atom stereocenters. The second kappa shape index (κ2) is 22.0. The number of hydrogen-bond acceptors (Lipinski definition) is 6. The van der Waals surface area contributed by atoms with E-state index in [-0.39, 0.29) is 18.5 Å². The Balaban J connectivity index is 1.41. The van der Waals surface area contributed by atoms with Crippen molar-refractivity contribution >= 4 is 22.8 Å². The third kappa shape index (κ3) is 18.2. The van der Waals surface area contributed by atoms with Crippen LogP contribution >= 0.6 is 22.8 Å². The molecule has 0 aliphatic heterocycles. The van der Waals surface area contributed by atoms with E-state index in [1.807, 2.05) is 78.1 Å². The van der Waals surface area contributed by atoms with E-state index in [4.69, 9.17) is 34.5 Å². The smallest absolute Gasteiger partial charge is 0.324 e. The molecule has 300 valence electrons. The normalized spacial score (nSPS) is 12.3. The van der Waals surface area contributed by atoms with Crippen LogP contribution in [0.3, 0.4) is 0 Å². The lowest BCUT2D eigenvalue weighted by Crippen LogP contribution is -2.33. The number of unbranched alkanes of at least 4 members (excludes halogenated alkanes) is 10. The van der Waals surface area contributed by atoms with Crippen molar-refractivity contribution in [2.24, 2.45) is 0 Å². The van der Waals surface area contributed by atoms with Gasteiger partial charge in [0.05, 0.1) is 6.16 Å². The molecule has 0 saturated heterocycles. The molecule has 18 heteroatoms. The number of pyridine rings is 3. The second-order valence-electron chi connectivity index (χ2n) is 14.0. The van der Waals surface area contributed by atoms with Crippen LogP contribution in [-0.2, 0) is 33.3 Å². The summed E-state index contributed by atoms with van der Waals surface area (Å²) >= 11 is 0. The monoisotopic (exact) mass is 821 g/mol. The molecule has 15 nitrogen and oxygen atoms in total. The average molecular weight is 822 g/mol. The van der Waals surface area contributed by atoms with Gasteiger partial charge in [-0.2, -0.15) is 0 Å². The fraction of sp³-hybridized carbons (Fsp3) is 0.514. The highest BCUT2D eigenvalue weighted by Crippen LogP contribution is 2.36. The Morgan fingerprint density at radius 1 is 0.364 bits per heavy atom. The average Bonchev–Trinajstić information content (AvgIpc) is 3.13. The minimum Gasteiger partial charge on any atom is -0.324 e. The zero-order chi connectivity index (χ0) is 39.7.